The first kappa shape index (κ1) is 16.4. The lowest BCUT2D eigenvalue weighted by atomic mass is 9.76. The smallest absolute Gasteiger partial charge is 0.244 e. The highest BCUT2D eigenvalue weighted by atomic mass is 32.2. The van der Waals surface area contributed by atoms with E-state index in [1.807, 2.05) is 14.1 Å². The van der Waals surface area contributed by atoms with Crippen molar-refractivity contribution in [3.63, 3.8) is 0 Å². The maximum atomic E-state index is 12.6. The number of aromatic nitrogens is 2. The zero-order chi connectivity index (χ0) is 15.7. The van der Waals surface area contributed by atoms with Crippen LogP contribution in [0, 0.1) is 6.92 Å². The molecule has 1 aromatic rings. The van der Waals surface area contributed by atoms with E-state index in [0.29, 0.717) is 24.5 Å². The Bertz CT molecular complexity index is 590. The molecule has 120 valence electrons. The number of likely N-dealkylation sites (N-methyl/N-ethyl adjacent to an activating group) is 1. The Morgan fingerprint density at radius 3 is 2.52 bits per heavy atom. The predicted molar refractivity (Wildman–Crippen MR) is 81.5 cm³/mol. The Morgan fingerprint density at radius 2 is 2.05 bits per heavy atom. The Balaban J connectivity index is 2.17. The second-order valence-corrected chi connectivity index (χ2v) is 7.66. The van der Waals surface area contributed by atoms with Crippen molar-refractivity contribution in [1.29, 1.82) is 0 Å². The molecule has 0 amide bonds. The topological polar surface area (TPSA) is 90.1 Å². The second-order valence-electron chi connectivity index (χ2n) is 5.95. The van der Waals surface area contributed by atoms with E-state index in [4.69, 9.17) is 0 Å². The lowest BCUT2D eigenvalue weighted by Gasteiger charge is -2.47. The summed E-state index contributed by atoms with van der Waals surface area (Å²) in [5.41, 5.74) is 1.05. The summed E-state index contributed by atoms with van der Waals surface area (Å²) in [6.45, 7) is 2.58. The summed E-state index contributed by atoms with van der Waals surface area (Å²) in [4.78, 5) is 2.39. The molecular weight excluding hydrogens is 290 g/mol. The summed E-state index contributed by atoms with van der Waals surface area (Å²) < 4.78 is 28.0. The highest BCUT2D eigenvalue weighted by Gasteiger charge is 2.40. The number of rotatable bonds is 7. The first-order chi connectivity index (χ1) is 9.82. The van der Waals surface area contributed by atoms with E-state index in [1.165, 1.54) is 0 Å². The zero-order valence-corrected chi connectivity index (χ0v) is 14.0. The molecule has 0 unspecified atom stereocenters. The molecule has 1 aromatic heterocycles. The molecule has 1 fully saturated rings. The molecular formula is C13H25N5O2S. The Kier molecular flexibility index (Phi) is 4.72. The first-order valence-electron chi connectivity index (χ1n) is 7.18. The average molecular weight is 315 g/mol. The standard InChI is InChI=1S/C13H25N5O2S/c1-10-12(11(8-14-2)17-16-10)21(19,20)15-9-13(18(3)4)6-5-7-13/h14-15H,5-9H2,1-4H3,(H,16,17). The molecule has 1 saturated carbocycles. The van der Waals surface area contributed by atoms with E-state index < -0.39 is 10.0 Å². The van der Waals surface area contributed by atoms with Gasteiger partial charge in [0.05, 0.1) is 11.4 Å². The lowest BCUT2D eigenvalue weighted by Crippen LogP contribution is -2.57. The molecule has 0 spiro atoms. The Labute approximate surface area is 126 Å². The fourth-order valence-electron chi connectivity index (χ4n) is 2.78. The number of hydrogen-bond acceptors (Lipinski definition) is 5. The van der Waals surface area contributed by atoms with Crippen LogP contribution in [0.25, 0.3) is 0 Å². The third kappa shape index (κ3) is 3.13. The van der Waals surface area contributed by atoms with Crippen LogP contribution < -0.4 is 10.0 Å². The lowest BCUT2D eigenvalue weighted by molar-refractivity contribution is 0.0656. The largest absolute Gasteiger partial charge is 0.314 e. The number of H-pyrrole nitrogens is 1. The van der Waals surface area contributed by atoms with Crippen LogP contribution in [0.1, 0.15) is 30.7 Å². The van der Waals surface area contributed by atoms with Gasteiger partial charge in [-0.15, -0.1) is 0 Å². The van der Waals surface area contributed by atoms with Gasteiger partial charge in [0, 0.05) is 18.6 Å². The van der Waals surface area contributed by atoms with E-state index >= 15 is 0 Å². The minimum absolute atomic E-state index is 0.0477. The van der Waals surface area contributed by atoms with Crippen LogP contribution in [0.2, 0.25) is 0 Å². The van der Waals surface area contributed by atoms with Crippen molar-refractivity contribution in [3.8, 4) is 0 Å². The summed E-state index contributed by atoms with van der Waals surface area (Å²) in [5, 5.41) is 9.76. The number of hydrogen-bond donors (Lipinski definition) is 3. The van der Waals surface area contributed by atoms with Crippen molar-refractivity contribution >= 4 is 10.0 Å². The van der Waals surface area contributed by atoms with Gasteiger partial charge in [0.25, 0.3) is 0 Å². The van der Waals surface area contributed by atoms with Crippen molar-refractivity contribution in [2.24, 2.45) is 0 Å². The second kappa shape index (κ2) is 6.04. The summed E-state index contributed by atoms with van der Waals surface area (Å²) in [5.74, 6) is 0. The normalized spacial score (nSPS) is 18.0. The number of nitrogens with one attached hydrogen (secondary N) is 3. The molecule has 0 saturated heterocycles. The van der Waals surface area contributed by atoms with E-state index in [0.717, 1.165) is 19.3 Å². The molecule has 0 radical (unpaired) electrons. The van der Waals surface area contributed by atoms with Crippen LogP contribution in [-0.4, -0.2) is 56.7 Å². The molecule has 21 heavy (non-hydrogen) atoms. The third-order valence-electron chi connectivity index (χ3n) is 4.40. The molecule has 2 rings (SSSR count). The number of aromatic amines is 1. The molecule has 0 bridgehead atoms. The minimum atomic E-state index is -3.55. The van der Waals surface area contributed by atoms with E-state index in [2.05, 4.69) is 25.1 Å². The monoisotopic (exact) mass is 315 g/mol. The van der Waals surface area contributed by atoms with Crippen molar-refractivity contribution in [2.45, 2.75) is 43.2 Å². The number of aryl methyl sites for hydroxylation is 1. The molecule has 8 heteroatoms. The molecule has 0 aromatic carbocycles. The quantitative estimate of drug-likeness (QED) is 0.669. The SMILES string of the molecule is CNCc1n[nH]c(C)c1S(=O)(=O)NCC1(N(C)C)CCC1. The first-order valence-corrected chi connectivity index (χ1v) is 8.66. The summed E-state index contributed by atoms with van der Waals surface area (Å²) in [7, 11) is 2.22. The molecule has 1 heterocycles. The van der Waals surface area contributed by atoms with Gasteiger partial charge in [0.15, 0.2) is 0 Å². The van der Waals surface area contributed by atoms with E-state index in [9.17, 15) is 8.42 Å². The van der Waals surface area contributed by atoms with Crippen molar-refractivity contribution in [2.75, 3.05) is 27.7 Å². The van der Waals surface area contributed by atoms with Gasteiger partial charge >= 0.3 is 0 Å². The Hall–Kier alpha value is -0.960. The number of sulfonamides is 1. The highest BCUT2D eigenvalue weighted by Crippen LogP contribution is 2.35. The molecule has 0 aliphatic heterocycles. The van der Waals surface area contributed by atoms with Crippen LogP contribution in [0.5, 0.6) is 0 Å². The van der Waals surface area contributed by atoms with Crippen molar-refractivity contribution in [1.82, 2.24) is 25.1 Å². The van der Waals surface area contributed by atoms with Gasteiger partial charge in [0.1, 0.15) is 4.90 Å². The fourth-order valence-corrected chi connectivity index (χ4v) is 4.26. The summed E-state index contributed by atoms with van der Waals surface area (Å²) in [6.07, 6.45) is 3.20. The van der Waals surface area contributed by atoms with Gasteiger partial charge in [-0.05, 0) is 47.3 Å². The van der Waals surface area contributed by atoms with Crippen molar-refractivity contribution in [3.05, 3.63) is 11.4 Å². The Morgan fingerprint density at radius 1 is 1.38 bits per heavy atom. The van der Waals surface area contributed by atoms with Crippen LogP contribution in [0.4, 0.5) is 0 Å². The van der Waals surface area contributed by atoms with Crippen LogP contribution in [0.3, 0.4) is 0 Å². The van der Waals surface area contributed by atoms with Crippen molar-refractivity contribution < 1.29 is 8.42 Å². The van der Waals surface area contributed by atoms with Crippen LogP contribution in [0.15, 0.2) is 4.90 Å². The molecule has 0 atom stereocenters. The maximum Gasteiger partial charge on any atom is 0.244 e. The van der Waals surface area contributed by atoms with E-state index in [1.54, 1.807) is 14.0 Å². The van der Waals surface area contributed by atoms with Gasteiger partial charge in [-0.25, -0.2) is 13.1 Å². The summed E-state index contributed by atoms with van der Waals surface area (Å²) >= 11 is 0. The maximum absolute atomic E-state index is 12.6. The fraction of sp³-hybridized carbons (Fsp3) is 0.769. The average Bonchev–Trinajstić information content (AvgIpc) is 2.69. The molecule has 1 aliphatic carbocycles. The third-order valence-corrected chi connectivity index (χ3v) is 6.00. The van der Waals surface area contributed by atoms with Crippen LogP contribution >= 0.6 is 0 Å². The minimum Gasteiger partial charge on any atom is -0.314 e. The predicted octanol–water partition coefficient (Wildman–Crippen LogP) is 0.200. The van der Waals surface area contributed by atoms with E-state index in [-0.39, 0.29) is 10.4 Å². The van der Waals surface area contributed by atoms with Gasteiger partial charge in [-0.1, -0.05) is 0 Å². The zero-order valence-electron chi connectivity index (χ0n) is 13.2. The molecule has 3 N–H and O–H groups in total. The summed E-state index contributed by atoms with van der Waals surface area (Å²) in [6, 6.07) is 0. The highest BCUT2D eigenvalue weighted by molar-refractivity contribution is 7.89. The van der Waals surface area contributed by atoms with Gasteiger partial charge in [-0.3, -0.25) is 5.10 Å². The van der Waals surface area contributed by atoms with Crippen LogP contribution in [-0.2, 0) is 16.6 Å². The molecule has 7 nitrogen and oxygen atoms in total. The van der Waals surface area contributed by atoms with Gasteiger partial charge in [-0.2, -0.15) is 5.10 Å². The van der Waals surface area contributed by atoms with Gasteiger partial charge < -0.3 is 10.2 Å². The number of nitrogens with zero attached hydrogens (tertiary/aromatic N) is 2. The molecule has 1 aliphatic rings. The van der Waals surface area contributed by atoms with Gasteiger partial charge in [0.2, 0.25) is 10.0 Å².